The molecule has 0 fully saturated rings. The van der Waals surface area contributed by atoms with Crippen LogP contribution in [0.1, 0.15) is 32.1 Å². The normalized spacial score (nSPS) is 11.1. The Morgan fingerprint density at radius 1 is 0.806 bits per heavy atom. The first-order chi connectivity index (χ1) is 17.2. The standard InChI is InChI=1S/C26H20F3N5O2/c1-15-3-4-18(24(35)34-19-7-10-33-23(14-19)26(27,28)29)11-20(15)16-5-8-31-21(12-16)17-6-9-32-22(13-17)25(36)30-2/h3-14H,1-2H3,(H,30,36)(H,33,34,35). The molecule has 0 radical (unpaired) electrons. The second kappa shape index (κ2) is 9.95. The molecular weight excluding hydrogens is 471 g/mol. The SMILES string of the molecule is CNC(=O)c1cc(-c2cc(-c3cc(C(=O)Nc4ccnc(C(F)(F)F)c4)ccc3C)ccn2)ccn1. The van der Waals surface area contributed by atoms with Gasteiger partial charge in [0.2, 0.25) is 0 Å². The number of pyridine rings is 3. The molecule has 36 heavy (non-hydrogen) atoms. The number of hydrogen-bond acceptors (Lipinski definition) is 5. The lowest BCUT2D eigenvalue weighted by molar-refractivity contribution is -0.141. The maximum absolute atomic E-state index is 12.9. The second-order valence-corrected chi connectivity index (χ2v) is 7.85. The van der Waals surface area contributed by atoms with Crippen LogP contribution in [-0.2, 0) is 6.18 Å². The predicted octanol–water partition coefficient (Wildman–Crippen LogP) is 5.14. The molecule has 0 spiro atoms. The Kier molecular flexibility index (Phi) is 6.77. The molecule has 0 saturated carbocycles. The molecule has 0 aliphatic carbocycles. The molecule has 2 N–H and O–H groups in total. The summed E-state index contributed by atoms with van der Waals surface area (Å²) in [5, 5.41) is 5.02. The maximum Gasteiger partial charge on any atom is 0.433 e. The molecule has 0 aliphatic heterocycles. The summed E-state index contributed by atoms with van der Waals surface area (Å²) in [6, 6.07) is 14.1. The average molecular weight is 491 g/mol. The van der Waals surface area contributed by atoms with Crippen molar-refractivity contribution >= 4 is 17.5 Å². The minimum absolute atomic E-state index is 0.0137. The molecule has 0 atom stereocenters. The summed E-state index contributed by atoms with van der Waals surface area (Å²) in [5.41, 5.74) is 3.11. The maximum atomic E-state index is 12.9. The summed E-state index contributed by atoms with van der Waals surface area (Å²) in [7, 11) is 1.52. The van der Waals surface area contributed by atoms with Gasteiger partial charge in [-0.05, 0) is 72.1 Å². The van der Waals surface area contributed by atoms with Gasteiger partial charge in [-0.25, -0.2) is 0 Å². The highest BCUT2D eigenvalue weighted by atomic mass is 19.4. The average Bonchev–Trinajstić information content (AvgIpc) is 2.88. The minimum Gasteiger partial charge on any atom is -0.354 e. The van der Waals surface area contributed by atoms with Crippen LogP contribution in [-0.4, -0.2) is 33.8 Å². The van der Waals surface area contributed by atoms with Gasteiger partial charge < -0.3 is 10.6 Å². The van der Waals surface area contributed by atoms with Crippen LogP contribution in [0, 0.1) is 6.92 Å². The van der Waals surface area contributed by atoms with E-state index >= 15 is 0 Å². The van der Waals surface area contributed by atoms with Gasteiger partial charge in [-0.2, -0.15) is 13.2 Å². The number of benzene rings is 1. The smallest absolute Gasteiger partial charge is 0.354 e. The van der Waals surface area contributed by atoms with Gasteiger partial charge in [0, 0.05) is 42.5 Å². The van der Waals surface area contributed by atoms with Gasteiger partial charge in [-0.3, -0.25) is 24.5 Å². The van der Waals surface area contributed by atoms with Gasteiger partial charge >= 0.3 is 6.18 Å². The third kappa shape index (κ3) is 5.38. The number of hydrogen-bond donors (Lipinski definition) is 2. The molecule has 4 aromatic rings. The van der Waals surface area contributed by atoms with Crippen molar-refractivity contribution in [3.05, 3.63) is 95.7 Å². The first-order valence-corrected chi connectivity index (χ1v) is 10.8. The number of halogens is 3. The molecule has 3 heterocycles. The van der Waals surface area contributed by atoms with E-state index in [0.29, 0.717) is 11.3 Å². The zero-order chi connectivity index (χ0) is 25.9. The summed E-state index contributed by atoms with van der Waals surface area (Å²) >= 11 is 0. The number of aromatic nitrogens is 3. The lowest BCUT2D eigenvalue weighted by Crippen LogP contribution is -2.19. The molecule has 7 nitrogen and oxygen atoms in total. The van der Waals surface area contributed by atoms with Crippen molar-refractivity contribution < 1.29 is 22.8 Å². The molecule has 3 aromatic heterocycles. The molecule has 0 saturated heterocycles. The number of alkyl halides is 3. The largest absolute Gasteiger partial charge is 0.433 e. The van der Waals surface area contributed by atoms with Crippen LogP contribution in [0.25, 0.3) is 22.4 Å². The van der Waals surface area contributed by atoms with E-state index in [2.05, 4.69) is 25.6 Å². The van der Waals surface area contributed by atoms with E-state index in [0.717, 1.165) is 29.0 Å². The molecule has 10 heteroatoms. The van der Waals surface area contributed by atoms with E-state index in [4.69, 9.17) is 0 Å². The number of amides is 2. The van der Waals surface area contributed by atoms with Crippen LogP contribution in [0.3, 0.4) is 0 Å². The van der Waals surface area contributed by atoms with Crippen LogP contribution in [0.5, 0.6) is 0 Å². The molecule has 2 amide bonds. The highest BCUT2D eigenvalue weighted by Gasteiger charge is 2.32. The third-order valence-corrected chi connectivity index (χ3v) is 5.39. The van der Waals surface area contributed by atoms with Crippen molar-refractivity contribution in [2.45, 2.75) is 13.1 Å². The number of carbonyl (C=O) groups is 2. The first-order valence-electron chi connectivity index (χ1n) is 10.8. The van der Waals surface area contributed by atoms with Crippen molar-refractivity contribution in [2.24, 2.45) is 0 Å². The lowest BCUT2D eigenvalue weighted by atomic mass is 9.97. The number of aryl methyl sites for hydroxylation is 1. The Labute approximate surface area is 204 Å². The summed E-state index contributed by atoms with van der Waals surface area (Å²) in [6.07, 6.45) is -0.487. The van der Waals surface area contributed by atoms with Crippen LogP contribution >= 0.6 is 0 Å². The van der Waals surface area contributed by atoms with Crippen molar-refractivity contribution in [2.75, 3.05) is 12.4 Å². The Hall–Kier alpha value is -4.60. The summed E-state index contributed by atoms with van der Waals surface area (Å²) in [5.74, 6) is -0.881. The highest BCUT2D eigenvalue weighted by molar-refractivity contribution is 6.05. The zero-order valence-electron chi connectivity index (χ0n) is 19.2. The van der Waals surface area contributed by atoms with E-state index in [-0.39, 0.29) is 22.9 Å². The zero-order valence-corrected chi connectivity index (χ0v) is 19.2. The predicted molar refractivity (Wildman–Crippen MR) is 128 cm³/mol. The van der Waals surface area contributed by atoms with Crippen LogP contribution in [0.4, 0.5) is 18.9 Å². The lowest BCUT2D eigenvalue weighted by Gasteiger charge is -2.12. The number of nitrogens with zero attached hydrogens (tertiary/aromatic N) is 3. The monoisotopic (exact) mass is 491 g/mol. The van der Waals surface area contributed by atoms with Gasteiger partial charge in [0.25, 0.3) is 11.8 Å². The number of anilines is 1. The number of nitrogens with one attached hydrogen (secondary N) is 2. The molecule has 182 valence electrons. The first kappa shape index (κ1) is 24.5. The van der Waals surface area contributed by atoms with Gasteiger partial charge in [-0.1, -0.05) is 6.07 Å². The Balaban J connectivity index is 1.64. The summed E-state index contributed by atoms with van der Waals surface area (Å²) in [6.45, 7) is 1.88. The highest BCUT2D eigenvalue weighted by Crippen LogP contribution is 2.30. The minimum atomic E-state index is -4.62. The Morgan fingerprint density at radius 3 is 2.28 bits per heavy atom. The molecule has 1 aromatic carbocycles. The van der Waals surface area contributed by atoms with Crippen molar-refractivity contribution in [3.63, 3.8) is 0 Å². The van der Waals surface area contributed by atoms with E-state index in [1.54, 1.807) is 42.6 Å². The van der Waals surface area contributed by atoms with Gasteiger partial charge in [0.1, 0.15) is 11.4 Å². The van der Waals surface area contributed by atoms with E-state index in [1.807, 2.05) is 13.0 Å². The van der Waals surface area contributed by atoms with Gasteiger partial charge in [0.05, 0.1) is 5.69 Å². The number of rotatable bonds is 5. The fraction of sp³-hybridized carbons (Fsp3) is 0.115. The van der Waals surface area contributed by atoms with Gasteiger partial charge in [-0.15, -0.1) is 0 Å². The van der Waals surface area contributed by atoms with Crippen LogP contribution in [0.2, 0.25) is 0 Å². The van der Waals surface area contributed by atoms with Gasteiger partial charge in [0.15, 0.2) is 0 Å². The van der Waals surface area contributed by atoms with E-state index in [1.165, 1.54) is 19.3 Å². The Bertz CT molecular complexity index is 1450. The van der Waals surface area contributed by atoms with Crippen LogP contribution < -0.4 is 10.6 Å². The molecule has 0 aliphatic rings. The molecule has 0 unspecified atom stereocenters. The number of carbonyl (C=O) groups excluding carboxylic acids is 2. The van der Waals surface area contributed by atoms with E-state index < -0.39 is 17.8 Å². The second-order valence-electron chi connectivity index (χ2n) is 7.85. The fourth-order valence-electron chi connectivity index (χ4n) is 3.54. The van der Waals surface area contributed by atoms with Crippen LogP contribution in [0.15, 0.2) is 73.2 Å². The molecule has 0 bridgehead atoms. The van der Waals surface area contributed by atoms with Crippen molar-refractivity contribution in [1.82, 2.24) is 20.3 Å². The topological polar surface area (TPSA) is 96.9 Å². The van der Waals surface area contributed by atoms with Crippen molar-refractivity contribution in [3.8, 4) is 22.4 Å². The summed E-state index contributed by atoms with van der Waals surface area (Å²) in [4.78, 5) is 36.5. The fourth-order valence-corrected chi connectivity index (χ4v) is 3.54. The van der Waals surface area contributed by atoms with E-state index in [9.17, 15) is 22.8 Å². The summed E-state index contributed by atoms with van der Waals surface area (Å²) < 4.78 is 38.8. The molecule has 4 rings (SSSR count). The quantitative estimate of drug-likeness (QED) is 0.403. The Morgan fingerprint density at radius 2 is 1.53 bits per heavy atom. The third-order valence-electron chi connectivity index (χ3n) is 5.39. The molecular formula is C26H20F3N5O2. The van der Waals surface area contributed by atoms with Crippen molar-refractivity contribution in [1.29, 1.82) is 0 Å².